The van der Waals surface area contributed by atoms with Crippen molar-refractivity contribution in [3.05, 3.63) is 0 Å². The minimum absolute atomic E-state index is 0.171. The van der Waals surface area contributed by atoms with Gasteiger partial charge in [0.15, 0.2) is 0 Å². The minimum atomic E-state index is -0.848. The lowest BCUT2D eigenvalue weighted by atomic mass is 9.66. The highest BCUT2D eigenvalue weighted by molar-refractivity contribution is 5.70. The van der Waals surface area contributed by atoms with Gasteiger partial charge in [-0.2, -0.15) is 0 Å². The van der Waals surface area contributed by atoms with Crippen LogP contribution in [0.1, 0.15) is 45.4 Å². The predicted octanol–water partition coefficient (Wildman–Crippen LogP) is 1.81. The fourth-order valence-corrected chi connectivity index (χ4v) is 3.85. The van der Waals surface area contributed by atoms with Crippen molar-refractivity contribution >= 4 is 5.97 Å². The lowest BCUT2D eigenvalue weighted by Crippen LogP contribution is -2.58. The van der Waals surface area contributed by atoms with E-state index >= 15 is 0 Å². The maximum atomic E-state index is 11.8. The topological polar surface area (TPSA) is 49.8 Å². The zero-order valence-corrected chi connectivity index (χ0v) is 12.2. The first-order valence-electron chi connectivity index (χ1n) is 7.62. The minimum Gasteiger partial charge on any atom is -0.466 e. The molecule has 4 nitrogen and oxygen atoms in total. The maximum Gasteiger partial charge on any atom is 0.308 e. The molecule has 0 aromatic heterocycles. The van der Waals surface area contributed by atoms with E-state index in [9.17, 15) is 9.90 Å². The maximum absolute atomic E-state index is 11.8. The third-order valence-electron chi connectivity index (χ3n) is 4.82. The Morgan fingerprint density at radius 2 is 1.84 bits per heavy atom. The van der Waals surface area contributed by atoms with Gasteiger partial charge in [0.2, 0.25) is 0 Å². The molecule has 0 spiro atoms. The summed E-state index contributed by atoms with van der Waals surface area (Å²) in [6.45, 7) is 4.00. The Bertz CT molecular complexity index is 303. The van der Waals surface area contributed by atoms with E-state index in [1.54, 1.807) is 0 Å². The van der Waals surface area contributed by atoms with Crippen molar-refractivity contribution in [2.24, 2.45) is 11.8 Å². The van der Waals surface area contributed by atoms with Gasteiger partial charge in [-0.3, -0.25) is 4.79 Å². The number of rotatable bonds is 3. The molecule has 0 aromatic carbocycles. The smallest absolute Gasteiger partial charge is 0.308 e. The van der Waals surface area contributed by atoms with Crippen LogP contribution >= 0.6 is 0 Å². The summed E-state index contributed by atoms with van der Waals surface area (Å²) in [5, 5.41) is 11.1. The molecule has 4 heteroatoms. The first-order chi connectivity index (χ1) is 9.06. The molecule has 110 valence electrons. The summed E-state index contributed by atoms with van der Waals surface area (Å²) in [5.74, 6) is 0.173. The van der Waals surface area contributed by atoms with Gasteiger partial charge in [0, 0.05) is 24.9 Å². The summed E-state index contributed by atoms with van der Waals surface area (Å²) in [6, 6.07) is 0. The van der Waals surface area contributed by atoms with E-state index in [0.29, 0.717) is 6.61 Å². The number of piperidine rings is 1. The van der Waals surface area contributed by atoms with Crippen LogP contribution in [0.25, 0.3) is 0 Å². The molecule has 2 unspecified atom stereocenters. The second-order valence-corrected chi connectivity index (χ2v) is 6.23. The van der Waals surface area contributed by atoms with Gasteiger partial charge in [0.05, 0.1) is 18.6 Å². The van der Waals surface area contributed by atoms with Gasteiger partial charge in [0.25, 0.3) is 0 Å². The summed E-state index contributed by atoms with van der Waals surface area (Å²) in [7, 11) is 2.12. The van der Waals surface area contributed by atoms with Crippen molar-refractivity contribution in [1.29, 1.82) is 0 Å². The molecule has 2 atom stereocenters. The summed E-state index contributed by atoms with van der Waals surface area (Å²) in [4.78, 5) is 14.1. The number of esters is 1. The fourth-order valence-electron chi connectivity index (χ4n) is 3.85. The van der Waals surface area contributed by atoms with Crippen LogP contribution in [0.5, 0.6) is 0 Å². The number of carbonyl (C=O) groups excluding carboxylic acids is 1. The molecule has 0 amide bonds. The Labute approximate surface area is 116 Å². The Morgan fingerprint density at radius 1 is 1.26 bits per heavy atom. The largest absolute Gasteiger partial charge is 0.466 e. The molecule has 0 aromatic rings. The molecule has 2 fully saturated rings. The van der Waals surface area contributed by atoms with E-state index in [2.05, 4.69) is 11.9 Å². The quantitative estimate of drug-likeness (QED) is 0.794. The van der Waals surface area contributed by atoms with Crippen molar-refractivity contribution < 1.29 is 14.6 Å². The average Bonchev–Trinajstić information content (AvgIpc) is 2.34. The molecule has 1 aliphatic heterocycles. The summed E-state index contributed by atoms with van der Waals surface area (Å²) in [5.41, 5.74) is -0.848. The lowest BCUT2D eigenvalue weighted by Gasteiger charge is -2.50. The van der Waals surface area contributed by atoms with E-state index < -0.39 is 5.60 Å². The Hall–Kier alpha value is -0.610. The number of likely N-dealkylation sites (tertiary alicyclic amines) is 1. The van der Waals surface area contributed by atoms with Crippen LogP contribution < -0.4 is 0 Å². The molecule has 0 radical (unpaired) electrons. The van der Waals surface area contributed by atoms with Crippen LogP contribution in [-0.2, 0) is 9.53 Å². The highest BCUT2D eigenvalue weighted by Crippen LogP contribution is 2.42. The summed E-state index contributed by atoms with van der Waals surface area (Å²) in [6.07, 6.45) is 5.80. The Kier molecular flexibility index (Phi) is 4.85. The number of hydrogen-bond acceptors (Lipinski definition) is 4. The number of aliphatic hydroxyl groups is 1. The van der Waals surface area contributed by atoms with Gasteiger partial charge in [-0.1, -0.05) is 19.3 Å². The third kappa shape index (κ3) is 3.29. The molecule has 2 aliphatic rings. The van der Waals surface area contributed by atoms with Gasteiger partial charge in [-0.25, -0.2) is 0 Å². The van der Waals surface area contributed by atoms with Crippen LogP contribution in [0.2, 0.25) is 0 Å². The SMILES string of the molecule is CCOC(=O)CC1(O)C2CCCCCC1CN(C)C2. The van der Waals surface area contributed by atoms with Crippen molar-refractivity contribution in [3.8, 4) is 0 Å². The average molecular weight is 269 g/mol. The second kappa shape index (κ2) is 6.23. The van der Waals surface area contributed by atoms with Crippen molar-refractivity contribution in [1.82, 2.24) is 4.90 Å². The standard InChI is InChI=1S/C15H27NO3/c1-3-19-14(17)9-15(18)12-7-5-4-6-8-13(15)11-16(2)10-12/h12-13,18H,3-11H2,1-2H3. The lowest BCUT2D eigenvalue weighted by molar-refractivity contribution is -0.165. The fraction of sp³-hybridized carbons (Fsp3) is 0.933. The highest BCUT2D eigenvalue weighted by atomic mass is 16.5. The van der Waals surface area contributed by atoms with E-state index in [1.165, 1.54) is 6.42 Å². The van der Waals surface area contributed by atoms with Crippen LogP contribution in [0.3, 0.4) is 0 Å². The van der Waals surface area contributed by atoms with Crippen molar-refractivity contribution in [2.45, 2.75) is 51.0 Å². The Morgan fingerprint density at radius 3 is 2.37 bits per heavy atom. The second-order valence-electron chi connectivity index (χ2n) is 6.23. The van der Waals surface area contributed by atoms with Crippen LogP contribution in [-0.4, -0.2) is 48.3 Å². The van der Waals surface area contributed by atoms with Crippen molar-refractivity contribution in [3.63, 3.8) is 0 Å². The van der Waals surface area contributed by atoms with E-state index in [1.807, 2.05) is 6.92 Å². The van der Waals surface area contributed by atoms with Crippen LogP contribution in [0, 0.1) is 11.8 Å². The number of hydrogen-bond donors (Lipinski definition) is 1. The van der Waals surface area contributed by atoms with Gasteiger partial charge in [0.1, 0.15) is 0 Å². The van der Waals surface area contributed by atoms with Crippen molar-refractivity contribution in [2.75, 3.05) is 26.7 Å². The summed E-state index contributed by atoms with van der Waals surface area (Å²) < 4.78 is 5.06. The van der Waals surface area contributed by atoms with Gasteiger partial charge >= 0.3 is 5.97 Å². The summed E-state index contributed by atoms with van der Waals surface area (Å²) >= 11 is 0. The van der Waals surface area contributed by atoms with Gasteiger partial charge < -0.3 is 14.7 Å². The molecule has 1 saturated carbocycles. The van der Waals surface area contributed by atoms with Crippen LogP contribution in [0.4, 0.5) is 0 Å². The molecular weight excluding hydrogens is 242 g/mol. The zero-order chi connectivity index (χ0) is 13.9. The van der Waals surface area contributed by atoms with Crippen LogP contribution in [0.15, 0.2) is 0 Å². The predicted molar refractivity (Wildman–Crippen MR) is 73.8 cm³/mol. The molecule has 19 heavy (non-hydrogen) atoms. The van der Waals surface area contributed by atoms with Gasteiger partial charge in [-0.05, 0) is 26.8 Å². The monoisotopic (exact) mass is 269 g/mol. The number of carbonyl (C=O) groups is 1. The molecule has 2 rings (SSSR count). The molecule has 2 bridgehead atoms. The van der Waals surface area contributed by atoms with E-state index in [4.69, 9.17) is 4.74 Å². The normalized spacial score (nSPS) is 36.4. The number of ether oxygens (including phenoxy) is 1. The zero-order valence-electron chi connectivity index (χ0n) is 12.2. The number of fused-ring (bicyclic) bond motifs is 2. The molecule has 1 N–H and O–H groups in total. The Balaban J connectivity index is 2.15. The highest BCUT2D eigenvalue weighted by Gasteiger charge is 2.49. The first kappa shape index (κ1) is 14.8. The van der Waals surface area contributed by atoms with E-state index in [0.717, 1.165) is 38.8 Å². The molecular formula is C15H27NO3. The van der Waals surface area contributed by atoms with E-state index in [-0.39, 0.29) is 24.2 Å². The first-order valence-corrected chi connectivity index (χ1v) is 7.62. The molecule has 1 heterocycles. The van der Waals surface area contributed by atoms with Gasteiger partial charge in [-0.15, -0.1) is 0 Å². The molecule has 1 aliphatic carbocycles. The molecule has 1 saturated heterocycles. The third-order valence-corrected chi connectivity index (χ3v) is 4.82. The number of nitrogens with zero attached hydrogens (tertiary/aromatic N) is 1.